The second-order valence-corrected chi connectivity index (χ2v) is 5.01. The fourth-order valence-corrected chi connectivity index (χ4v) is 2.28. The maximum Gasteiger partial charge on any atom is 0.0449 e. The summed E-state index contributed by atoms with van der Waals surface area (Å²) in [4.78, 5) is 0. The van der Waals surface area contributed by atoms with Gasteiger partial charge in [0.1, 0.15) is 0 Å². The number of hydrogen-bond acceptors (Lipinski definition) is 2. The Morgan fingerprint density at radius 2 is 2.00 bits per heavy atom. The molecule has 0 amide bonds. The Labute approximate surface area is 98.2 Å². The summed E-state index contributed by atoms with van der Waals surface area (Å²) in [6.07, 6.45) is 2.69. The monoisotopic (exact) mass is 218 g/mol. The predicted octanol–water partition coefficient (Wildman–Crippen LogP) is 2.56. The van der Waals surface area contributed by atoms with E-state index < -0.39 is 0 Å². The van der Waals surface area contributed by atoms with E-state index in [9.17, 15) is 0 Å². The summed E-state index contributed by atoms with van der Waals surface area (Å²) < 4.78 is 0. The molecule has 0 radical (unpaired) electrons. The maximum atomic E-state index is 5.88. The van der Waals surface area contributed by atoms with Gasteiger partial charge in [-0.15, -0.1) is 0 Å². The lowest BCUT2D eigenvalue weighted by molar-refractivity contribution is 0.481. The SMILES string of the molecule is CC(C)NC(CN)c1ccccc1C1CC1. The van der Waals surface area contributed by atoms with Crippen molar-refractivity contribution in [3.05, 3.63) is 35.4 Å². The van der Waals surface area contributed by atoms with Crippen molar-refractivity contribution in [3.63, 3.8) is 0 Å². The number of nitrogens with one attached hydrogen (secondary N) is 1. The maximum absolute atomic E-state index is 5.88. The van der Waals surface area contributed by atoms with Crippen LogP contribution in [-0.2, 0) is 0 Å². The number of rotatable bonds is 5. The zero-order chi connectivity index (χ0) is 11.5. The lowest BCUT2D eigenvalue weighted by Gasteiger charge is -2.22. The molecule has 0 spiro atoms. The van der Waals surface area contributed by atoms with Crippen LogP contribution in [0.15, 0.2) is 24.3 Å². The van der Waals surface area contributed by atoms with Crippen LogP contribution in [-0.4, -0.2) is 12.6 Å². The minimum absolute atomic E-state index is 0.303. The third-order valence-corrected chi connectivity index (χ3v) is 3.16. The van der Waals surface area contributed by atoms with Gasteiger partial charge in [-0.1, -0.05) is 38.1 Å². The molecule has 0 heterocycles. The van der Waals surface area contributed by atoms with Crippen molar-refractivity contribution < 1.29 is 0 Å². The summed E-state index contributed by atoms with van der Waals surface area (Å²) in [7, 11) is 0. The van der Waals surface area contributed by atoms with E-state index in [4.69, 9.17) is 5.73 Å². The average molecular weight is 218 g/mol. The zero-order valence-corrected chi connectivity index (χ0v) is 10.2. The van der Waals surface area contributed by atoms with Gasteiger partial charge < -0.3 is 11.1 Å². The summed E-state index contributed by atoms with van der Waals surface area (Å²) >= 11 is 0. The van der Waals surface area contributed by atoms with E-state index >= 15 is 0 Å². The van der Waals surface area contributed by atoms with E-state index in [0.717, 1.165) is 5.92 Å². The lowest BCUT2D eigenvalue weighted by Crippen LogP contribution is -2.33. The molecule has 1 aromatic rings. The van der Waals surface area contributed by atoms with Crippen LogP contribution < -0.4 is 11.1 Å². The highest BCUT2D eigenvalue weighted by atomic mass is 15.0. The van der Waals surface area contributed by atoms with Crippen LogP contribution in [0.2, 0.25) is 0 Å². The van der Waals surface area contributed by atoms with Crippen LogP contribution in [0.1, 0.15) is 49.8 Å². The first-order chi connectivity index (χ1) is 7.72. The van der Waals surface area contributed by atoms with Crippen LogP contribution in [0.4, 0.5) is 0 Å². The first-order valence-electron chi connectivity index (χ1n) is 6.27. The molecule has 2 rings (SSSR count). The molecule has 1 aliphatic carbocycles. The molecule has 1 aliphatic rings. The highest BCUT2D eigenvalue weighted by Crippen LogP contribution is 2.42. The van der Waals surface area contributed by atoms with Crippen molar-refractivity contribution in [2.75, 3.05) is 6.54 Å². The Bertz CT molecular complexity index is 342. The topological polar surface area (TPSA) is 38.0 Å². The van der Waals surface area contributed by atoms with Gasteiger partial charge in [-0.2, -0.15) is 0 Å². The number of nitrogens with two attached hydrogens (primary N) is 1. The van der Waals surface area contributed by atoms with Crippen LogP contribution in [0.3, 0.4) is 0 Å². The third kappa shape index (κ3) is 2.63. The van der Waals surface area contributed by atoms with Crippen LogP contribution in [0.5, 0.6) is 0 Å². The Hall–Kier alpha value is -0.860. The molecule has 0 aliphatic heterocycles. The molecule has 1 saturated carbocycles. The minimum atomic E-state index is 0.303. The van der Waals surface area contributed by atoms with Crippen LogP contribution >= 0.6 is 0 Å². The lowest BCUT2D eigenvalue weighted by atomic mass is 9.96. The molecular formula is C14H22N2. The van der Waals surface area contributed by atoms with E-state index in [1.807, 2.05) is 0 Å². The summed E-state index contributed by atoms with van der Waals surface area (Å²) in [5.74, 6) is 0.791. The third-order valence-electron chi connectivity index (χ3n) is 3.16. The second kappa shape index (κ2) is 4.98. The smallest absolute Gasteiger partial charge is 0.0449 e. The Morgan fingerprint density at radius 3 is 2.56 bits per heavy atom. The van der Waals surface area contributed by atoms with Crippen molar-refractivity contribution in [3.8, 4) is 0 Å². The fourth-order valence-electron chi connectivity index (χ4n) is 2.28. The number of benzene rings is 1. The quantitative estimate of drug-likeness (QED) is 0.797. The summed E-state index contributed by atoms with van der Waals surface area (Å²) in [6.45, 7) is 5.01. The molecular weight excluding hydrogens is 196 g/mol. The largest absolute Gasteiger partial charge is 0.329 e. The molecule has 1 atom stereocenters. The molecule has 0 aromatic heterocycles. The van der Waals surface area contributed by atoms with Gasteiger partial charge in [0.2, 0.25) is 0 Å². The van der Waals surface area contributed by atoms with Crippen molar-refractivity contribution in [1.82, 2.24) is 5.32 Å². The highest BCUT2D eigenvalue weighted by molar-refractivity contribution is 5.35. The van der Waals surface area contributed by atoms with Gasteiger partial charge in [-0.3, -0.25) is 0 Å². The first kappa shape index (κ1) is 11.6. The van der Waals surface area contributed by atoms with Gasteiger partial charge >= 0.3 is 0 Å². The van der Waals surface area contributed by atoms with Gasteiger partial charge in [0.15, 0.2) is 0 Å². The summed E-state index contributed by atoms with van der Waals surface area (Å²) in [5.41, 5.74) is 8.79. The van der Waals surface area contributed by atoms with E-state index in [2.05, 4.69) is 43.4 Å². The van der Waals surface area contributed by atoms with Crippen LogP contribution in [0.25, 0.3) is 0 Å². The van der Waals surface area contributed by atoms with Crippen molar-refractivity contribution >= 4 is 0 Å². The van der Waals surface area contributed by atoms with E-state index in [-0.39, 0.29) is 0 Å². The molecule has 1 fully saturated rings. The van der Waals surface area contributed by atoms with Crippen molar-refractivity contribution in [2.45, 2.75) is 44.7 Å². The molecule has 0 saturated heterocycles. The van der Waals surface area contributed by atoms with Crippen molar-refractivity contribution in [1.29, 1.82) is 0 Å². The van der Waals surface area contributed by atoms with Gasteiger partial charge in [0.25, 0.3) is 0 Å². The van der Waals surface area contributed by atoms with Gasteiger partial charge in [-0.05, 0) is 29.9 Å². The van der Waals surface area contributed by atoms with E-state index in [0.29, 0.717) is 18.6 Å². The Morgan fingerprint density at radius 1 is 1.31 bits per heavy atom. The van der Waals surface area contributed by atoms with E-state index in [1.54, 1.807) is 0 Å². The molecule has 88 valence electrons. The summed E-state index contributed by atoms with van der Waals surface area (Å²) in [6, 6.07) is 9.52. The van der Waals surface area contributed by atoms with Gasteiger partial charge in [0.05, 0.1) is 0 Å². The average Bonchev–Trinajstić information content (AvgIpc) is 3.09. The van der Waals surface area contributed by atoms with Crippen LogP contribution in [0, 0.1) is 0 Å². The van der Waals surface area contributed by atoms with Crippen molar-refractivity contribution in [2.24, 2.45) is 5.73 Å². The summed E-state index contributed by atoms with van der Waals surface area (Å²) in [5, 5.41) is 3.54. The predicted molar refractivity (Wildman–Crippen MR) is 68.5 cm³/mol. The normalized spacial score (nSPS) is 17.8. The standard InChI is InChI=1S/C14H22N2/c1-10(2)16-14(9-15)13-6-4-3-5-12(13)11-7-8-11/h3-6,10-11,14,16H,7-9,15H2,1-2H3. The molecule has 0 bridgehead atoms. The molecule has 2 heteroatoms. The highest BCUT2D eigenvalue weighted by Gasteiger charge is 2.27. The molecule has 3 N–H and O–H groups in total. The van der Waals surface area contributed by atoms with Gasteiger partial charge in [0, 0.05) is 18.6 Å². The van der Waals surface area contributed by atoms with E-state index in [1.165, 1.54) is 24.0 Å². The Balaban J connectivity index is 2.22. The number of hydrogen-bond donors (Lipinski definition) is 2. The molecule has 2 nitrogen and oxygen atoms in total. The minimum Gasteiger partial charge on any atom is -0.329 e. The zero-order valence-electron chi connectivity index (χ0n) is 10.2. The molecule has 1 unspecified atom stereocenters. The fraction of sp³-hybridized carbons (Fsp3) is 0.571. The molecule has 16 heavy (non-hydrogen) atoms. The van der Waals surface area contributed by atoms with Gasteiger partial charge in [-0.25, -0.2) is 0 Å². The molecule has 1 aromatic carbocycles. The Kier molecular flexibility index (Phi) is 3.62. The first-order valence-corrected chi connectivity index (χ1v) is 6.27. The second-order valence-electron chi connectivity index (χ2n) is 5.01.